The molecule has 21 heavy (non-hydrogen) atoms. The van der Waals surface area contributed by atoms with E-state index in [9.17, 15) is 9.59 Å². The molecule has 1 saturated carbocycles. The highest BCUT2D eigenvalue weighted by molar-refractivity contribution is 5.92. The molecule has 1 aliphatic rings. The fourth-order valence-corrected chi connectivity index (χ4v) is 2.64. The molecule has 2 rings (SSSR count). The standard InChI is InChI=1S/C16H22N2O3/c1-11-4-2-3-5-14(11)18-15(19)10-21-13-8-6-12(7-9-13)16(17)20/h6-9,11,14H,2-5,10H2,1H3,(H2,17,20)(H,18,19). The Bertz CT molecular complexity index is 499. The zero-order valence-corrected chi connectivity index (χ0v) is 12.3. The molecule has 0 saturated heterocycles. The van der Waals surface area contributed by atoms with E-state index in [-0.39, 0.29) is 18.6 Å². The predicted molar refractivity (Wildman–Crippen MR) is 80.0 cm³/mol. The summed E-state index contributed by atoms with van der Waals surface area (Å²) >= 11 is 0. The first-order valence-electron chi connectivity index (χ1n) is 7.38. The Labute approximate surface area is 124 Å². The van der Waals surface area contributed by atoms with Gasteiger partial charge in [-0.05, 0) is 43.0 Å². The number of benzene rings is 1. The second-order valence-electron chi connectivity index (χ2n) is 5.61. The minimum Gasteiger partial charge on any atom is -0.484 e. The van der Waals surface area contributed by atoms with Gasteiger partial charge in [-0.2, -0.15) is 0 Å². The van der Waals surface area contributed by atoms with Crippen molar-refractivity contribution in [1.29, 1.82) is 0 Å². The van der Waals surface area contributed by atoms with Gasteiger partial charge in [-0.1, -0.05) is 19.8 Å². The van der Waals surface area contributed by atoms with Crippen molar-refractivity contribution in [2.24, 2.45) is 11.7 Å². The van der Waals surface area contributed by atoms with Gasteiger partial charge in [0, 0.05) is 11.6 Å². The van der Waals surface area contributed by atoms with Crippen molar-refractivity contribution in [3.8, 4) is 5.75 Å². The molecule has 0 aliphatic heterocycles. The van der Waals surface area contributed by atoms with Crippen LogP contribution in [0.5, 0.6) is 5.75 Å². The number of ether oxygens (including phenoxy) is 1. The summed E-state index contributed by atoms with van der Waals surface area (Å²) in [7, 11) is 0. The molecule has 1 aliphatic carbocycles. The molecule has 2 amide bonds. The van der Waals surface area contributed by atoms with Crippen molar-refractivity contribution < 1.29 is 14.3 Å². The summed E-state index contributed by atoms with van der Waals surface area (Å²) in [5, 5.41) is 3.03. The highest BCUT2D eigenvalue weighted by atomic mass is 16.5. The molecule has 0 heterocycles. The number of rotatable bonds is 5. The smallest absolute Gasteiger partial charge is 0.258 e. The average Bonchev–Trinajstić information content (AvgIpc) is 2.48. The van der Waals surface area contributed by atoms with E-state index >= 15 is 0 Å². The van der Waals surface area contributed by atoms with Crippen LogP contribution in [0.1, 0.15) is 43.0 Å². The first-order valence-corrected chi connectivity index (χ1v) is 7.38. The summed E-state index contributed by atoms with van der Waals surface area (Å²) in [5.41, 5.74) is 5.58. The summed E-state index contributed by atoms with van der Waals surface area (Å²) in [6, 6.07) is 6.69. The van der Waals surface area contributed by atoms with Gasteiger partial charge < -0.3 is 15.8 Å². The number of nitrogens with one attached hydrogen (secondary N) is 1. The Kier molecular flexibility index (Phi) is 5.20. The molecule has 5 heteroatoms. The van der Waals surface area contributed by atoms with E-state index in [1.165, 1.54) is 19.3 Å². The molecule has 114 valence electrons. The first kappa shape index (κ1) is 15.4. The maximum absolute atomic E-state index is 11.9. The first-order chi connectivity index (χ1) is 10.1. The van der Waals surface area contributed by atoms with Gasteiger partial charge in [0.2, 0.25) is 5.91 Å². The lowest BCUT2D eigenvalue weighted by Crippen LogP contribution is -2.43. The van der Waals surface area contributed by atoms with Crippen LogP contribution in [0.4, 0.5) is 0 Å². The monoisotopic (exact) mass is 290 g/mol. The van der Waals surface area contributed by atoms with E-state index in [1.807, 2.05) is 0 Å². The third-order valence-corrected chi connectivity index (χ3v) is 3.97. The van der Waals surface area contributed by atoms with Gasteiger partial charge in [0.1, 0.15) is 5.75 Å². The lowest BCUT2D eigenvalue weighted by molar-refractivity contribution is -0.124. The Hall–Kier alpha value is -2.04. The van der Waals surface area contributed by atoms with Gasteiger partial charge in [0.15, 0.2) is 6.61 Å². The molecule has 5 nitrogen and oxygen atoms in total. The van der Waals surface area contributed by atoms with Crippen LogP contribution in [0.25, 0.3) is 0 Å². The van der Waals surface area contributed by atoms with Gasteiger partial charge in [0.25, 0.3) is 5.91 Å². The summed E-state index contributed by atoms with van der Waals surface area (Å²) < 4.78 is 5.42. The summed E-state index contributed by atoms with van der Waals surface area (Å²) in [6.45, 7) is 2.16. The van der Waals surface area contributed by atoms with Crippen molar-refractivity contribution in [2.45, 2.75) is 38.6 Å². The minimum absolute atomic E-state index is 0.0147. The van der Waals surface area contributed by atoms with Crippen LogP contribution in [-0.2, 0) is 4.79 Å². The maximum atomic E-state index is 11.9. The fraction of sp³-hybridized carbons (Fsp3) is 0.500. The predicted octanol–water partition coefficient (Wildman–Crippen LogP) is 1.86. The van der Waals surface area contributed by atoms with Crippen LogP contribution in [0.2, 0.25) is 0 Å². The number of hydrogen-bond donors (Lipinski definition) is 2. The van der Waals surface area contributed by atoms with E-state index in [4.69, 9.17) is 10.5 Å². The van der Waals surface area contributed by atoms with Crippen molar-refractivity contribution >= 4 is 11.8 Å². The largest absolute Gasteiger partial charge is 0.484 e. The fourth-order valence-electron chi connectivity index (χ4n) is 2.64. The van der Waals surface area contributed by atoms with E-state index in [2.05, 4.69) is 12.2 Å². The van der Waals surface area contributed by atoms with Crippen LogP contribution in [0.15, 0.2) is 24.3 Å². The van der Waals surface area contributed by atoms with Gasteiger partial charge in [-0.15, -0.1) is 0 Å². The third kappa shape index (κ3) is 4.48. The topological polar surface area (TPSA) is 81.4 Å². The lowest BCUT2D eigenvalue weighted by Gasteiger charge is -2.29. The van der Waals surface area contributed by atoms with Crippen molar-refractivity contribution in [3.63, 3.8) is 0 Å². The van der Waals surface area contributed by atoms with Crippen LogP contribution < -0.4 is 15.8 Å². The molecule has 0 spiro atoms. The Morgan fingerprint density at radius 2 is 1.90 bits per heavy atom. The zero-order chi connectivity index (χ0) is 15.2. The van der Waals surface area contributed by atoms with E-state index in [0.29, 0.717) is 17.2 Å². The van der Waals surface area contributed by atoms with Crippen LogP contribution in [-0.4, -0.2) is 24.5 Å². The molecule has 3 N–H and O–H groups in total. The molecular weight excluding hydrogens is 268 g/mol. The number of primary amides is 1. The van der Waals surface area contributed by atoms with Crippen molar-refractivity contribution in [1.82, 2.24) is 5.32 Å². The van der Waals surface area contributed by atoms with Crippen LogP contribution in [0, 0.1) is 5.92 Å². The molecule has 1 fully saturated rings. The second-order valence-corrected chi connectivity index (χ2v) is 5.61. The summed E-state index contributed by atoms with van der Waals surface area (Å²) in [4.78, 5) is 22.8. The molecule has 2 atom stereocenters. The highest BCUT2D eigenvalue weighted by Crippen LogP contribution is 2.23. The van der Waals surface area contributed by atoms with Gasteiger partial charge in [-0.25, -0.2) is 0 Å². The summed E-state index contributed by atoms with van der Waals surface area (Å²) in [6.07, 6.45) is 4.63. The molecule has 0 radical (unpaired) electrons. The van der Waals surface area contributed by atoms with Crippen LogP contribution >= 0.6 is 0 Å². The average molecular weight is 290 g/mol. The number of hydrogen-bond acceptors (Lipinski definition) is 3. The van der Waals surface area contributed by atoms with Gasteiger partial charge in [-0.3, -0.25) is 9.59 Å². The quantitative estimate of drug-likeness (QED) is 0.868. The Balaban J connectivity index is 1.79. The van der Waals surface area contributed by atoms with E-state index in [0.717, 1.165) is 6.42 Å². The third-order valence-electron chi connectivity index (χ3n) is 3.97. The second kappa shape index (κ2) is 7.11. The van der Waals surface area contributed by atoms with Crippen molar-refractivity contribution in [2.75, 3.05) is 6.61 Å². The molecule has 1 aromatic rings. The maximum Gasteiger partial charge on any atom is 0.258 e. The Morgan fingerprint density at radius 3 is 2.52 bits per heavy atom. The molecule has 1 aromatic carbocycles. The lowest BCUT2D eigenvalue weighted by atomic mass is 9.86. The van der Waals surface area contributed by atoms with Crippen molar-refractivity contribution in [3.05, 3.63) is 29.8 Å². The summed E-state index contributed by atoms with van der Waals surface area (Å²) in [5.74, 6) is 0.489. The zero-order valence-electron chi connectivity index (χ0n) is 12.3. The van der Waals surface area contributed by atoms with Crippen LogP contribution in [0.3, 0.4) is 0 Å². The Morgan fingerprint density at radius 1 is 1.24 bits per heavy atom. The SMILES string of the molecule is CC1CCCCC1NC(=O)COc1ccc(C(N)=O)cc1. The van der Waals surface area contributed by atoms with E-state index in [1.54, 1.807) is 24.3 Å². The molecule has 0 aromatic heterocycles. The highest BCUT2D eigenvalue weighted by Gasteiger charge is 2.22. The number of nitrogens with two attached hydrogens (primary N) is 1. The molecule has 0 bridgehead atoms. The normalized spacial score (nSPS) is 21.6. The number of amides is 2. The number of carbonyl (C=O) groups is 2. The van der Waals surface area contributed by atoms with Gasteiger partial charge in [0.05, 0.1) is 0 Å². The van der Waals surface area contributed by atoms with E-state index < -0.39 is 5.91 Å². The van der Waals surface area contributed by atoms with Gasteiger partial charge >= 0.3 is 0 Å². The minimum atomic E-state index is -0.481. The number of carbonyl (C=O) groups excluding carboxylic acids is 2. The molecular formula is C16H22N2O3. The molecule has 2 unspecified atom stereocenters.